The maximum atomic E-state index is 11.5. The van der Waals surface area contributed by atoms with Gasteiger partial charge in [0.1, 0.15) is 6.04 Å². The summed E-state index contributed by atoms with van der Waals surface area (Å²) in [5, 5.41) is 13.7. The zero-order chi connectivity index (χ0) is 14.4. The molecule has 2 atom stereocenters. The van der Waals surface area contributed by atoms with Crippen LogP contribution in [-0.4, -0.2) is 60.1 Å². The van der Waals surface area contributed by atoms with Crippen LogP contribution in [0.5, 0.6) is 0 Å². The minimum Gasteiger partial charge on any atom is -0.480 e. The molecule has 0 bridgehead atoms. The molecule has 3 amide bonds. The van der Waals surface area contributed by atoms with Gasteiger partial charge in [0.15, 0.2) is 0 Å². The SMILES string of the molecule is CN1CCCC1CNC(=O)N[C@H](CC(N)=O)C(=O)O. The number of nitrogens with two attached hydrogens (primary N) is 1. The molecule has 5 N–H and O–H groups in total. The Morgan fingerprint density at radius 2 is 2.16 bits per heavy atom. The molecule has 8 nitrogen and oxygen atoms in total. The highest BCUT2D eigenvalue weighted by atomic mass is 16.4. The molecule has 0 aromatic heterocycles. The Balaban J connectivity index is 2.35. The molecular formula is C11H20N4O4. The summed E-state index contributed by atoms with van der Waals surface area (Å²) < 4.78 is 0. The normalized spacial score (nSPS) is 20.8. The van der Waals surface area contributed by atoms with Crippen molar-refractivity contribution in [3.05, 3.63) is 0 Å². The predicted octanol–water partition coefficient (Wildman–Crippen LogP) is -1.29. The number of hydrogen-bond donors (Lipinski definition) is 4. The first-order valence-corrected chi connectivity index (χ1v) is 6.16. The van der Waals surface area contributed by atoms with Gasteiger partial charge in [-0.15, -0.1) is 0 Å². The van der Waals surface area contributed by atoms with Gasteiger partial charge in [-0.25, -0.2) is 9.59 Å². The number of nitrogens with one attached hydrogen (secondary N) is 2. The van der Waals surface area contributed by atoms with Gasteiger partial charge in [0.25, 0.3) is 0 Å². The number of carbonyl (C=O) groups excluding carboxylic acids is 2. The number of likely N-dealkylation sites (tertiary alicyclic amines) is 1. The lowest BCUT2D eigenvalue weighted by molar-refractivity contribution is -0.140. The number of primary amides is 1. The van der Waals surface area contributed by atoms with Crippen molar-refractivity contribution in [1.82, 2.24) is 15.5 Å². The van der Waals surface area contributed by atoms with E-state index in [0.29, 0.717) is 6.54 Å². The Morgan fingerprint density at radius 1 is 1.47 bits per heavy atom. The summed E-state index contributed by atoms with van der Waals surface area (Å²) in [6.07, 6.45) is 1.66. The van der Waals surface area contributed by atoms with E-state index < -0.39 is 30.4 Å². The molecule has 1 heterocycles. The van der Waals surface area contributed by atoms with Gasteiger partial charge in [-0.1, -0.05) is 0 Å². The fraction of sp³-hybridized carbons (Fsp3) is 0.727. The predicted molar refractivity (Wildman–Crippen MR) is 67.4 cm³/mol. The number of carbonyl (C=O) groups is 3. The van der Waals surface area contributed by atoms with Gasteiger partial charge in [-0.2, -0.15) is 0 Å². The molecule has 1 saturated heterocycles. The van der Waals surface area contributed by atoms with E-state index in [4.69, 9.17) is 10.8 Å². The molecule has 1 unspecified atom stereocenters. The number of aliphatic carboxylic acids is 1. The highest BCUT2D eigenvalue weighted by Gasteiger charge is 2.24. The molecular weight excluding hydrogens is 252 g/mol. The van der Waals surface area contributed by atoms with Gasteiger partial charge in [0.05, 0.1) is 6.42 Å². The summed E-state index contributed by atoms with van der Waals surface area (Å²) in [5.41, 5.74) is 4.92. The standard InChI is InChI=1S/C11H20N4O4/c1-15-4-2-3-7(15)6-13-11(19)14-8(10(17)18)5-9(12)16/h7-8H,2-6H2,1H3,(H2,12,16)(H,17,18)(H2,13,14,19)/t7?,8-/m1/s1. The molecule has 0 radical (unpaired) electrons. The molecule has 0 aromatic rings. The molecule has 0 saturated carbocycles. The number of urea groups is 1. The molecule has 1 aliphatic rings. The van der Waals surface area contributed by atoms with Gasteiger partial charge in [-0.3, -0.25) is 4.79 Å². The number of carboxylic acids is 1. The monoisotopic (exact) mass is 272 g/mol. The van der Waals surface area contributed by atoms with E-state index in [0.717, 1.165) is 19.4 Å². The van der Waals surface area contributed by atoms with E-state index in [2.05, 4.69) is 15.5 Å². The van der Waals surface area contributed by atoms with Crippen LogP contribution in [0.3, 0.4) is 0 Å². The van der Waals surface area contributed by atoms with Crippen LogP contribution in [0.25, 0.3) is 0 Å². The van der Waals surface area contributed by atoms with Crippen molar-refractivity contribution < 1.29 is 19.5 Å². The van der Waals surface area contributed by atoms with E-state index in [-0.39, 0.29) is 6.04 Å². The van der Waals surface area contributed by atoms with Crippen LogP contribution < -0.4 is 16.4 Å². The fourth-order valence-electron chi connectivity index (χ4n) is 2.06. The molecule has 1 aliphatic heterocycles. The largest absolute Gasteiger partial charge is 0.480 e. The number of amides is 3. The zero-order valence-corrected chi connectivity index (χ0v) is 10.9. The zero-order valence-electron chi connectivity index (χ0n) is 10.9. The van der Waals surface area contributed by atoms with E-state index >= 15 is 0 Å². The van der Waals surface area contributed by atoms with E-state index in [1.165, 1.54) is 0 Å². The molecule has 0 spiro atoms. The third-order valence-corrected chi connectivity index (χ3v) is 3.18. The first-order valence-electron chi connectivity index (χ1n) is 6.16. The second-order valence-corrected chi connectivity index (χ2v) is 4.69. The molecule has 0 aliphatic carbocycles. The fourth-order valence-corrected chi connectivity index (χ4v) is 2.06. The maximum absolute atomic E-state index is 11.5. The summed E-state index contributed by atoms with van der Waals surface area (Å²) >= 11 is 0. The van der Waals surface area contributed by atoms with Gasteiger partial charge < -0.3 is 26.4 Å². The van der Waals surface area contributed by atoms with Crippen molar-refractivity contribution in [2.24, 2.45) is 5.73 Å². The van der Waals surface area contributed by atoms with Crippen LogP contribution in [0, 0.1) is 0 Å². The Morgan fingerprint density at radius 3 is 2.63 bits per heavy atom. The topological polar surface area (TPSA) is 125 Å². The third kappa shape index (κ3) is 5.12. The van der Waals surface area contributed by atoms with E-state index in [1.807, 2.05) is 7.05 Å². The first-order chi connectivity index (χ1) is 8.90. The Bertz CT molecular complexity index is 361. The van der Waals surface area contributed by atoms with E-state index in [9.17, 15) is 14.4 Å². The van der Waals surface area contributed by atoms with Crippen molar-refractivity contribution in [2.45, 2.75) is 31.3 Å². The third-order valence-electron chi connectivity index (χ3n) is 3.18. The smallest absolute Gasteiger partial charge is 0.326 e. The van der Waals surface area contributed by atoms with Crippen LogP contribution in [0.4, 0.5) is 4.79 Å². The summed E-state index contributed by atoms with van der Waals surface area (Å²) in [7, 11) is 1.98. The van der Waals surface area contributed by atoms with Crippen LogP contribution >= 0.6 is 0 Å². The van der Waals surface area contributed by atoms with Crippen molar-refractivity contribution in [2.75, 3.05) is 20.1 Å². The Hall–Kier alpha value is -1.83. The lowest BCUT2D eigenvalue weighted by Crippen LogP contribution is -2.49. The summed E-state index contributed by atoms with van der Waals surface area (Å²) in [4.78, 5) is 35.2. The molecule has 1 rings (SSSR count). The van der Waals surface area contributed by atoms with Crippen molar-refractivity contribution in [1.29, 1.82) is 0 Å². The number of nitrogens with zero attached hydrogens (tertiary/aromatic N) is 1. The second-order valence-electron chi connectivity index (χ2n) is 4.69. The quantitative estimate of drug-likeness (QED) is 0.479. The average Bonchev–Trinajstić information content (AvgIpc) is 2.70. The Kier molecular flexibility index (Phi) is 5.56. The van der Waals surface area contributed by atoms with Crippen molar-refractivity contribution >= 4 is 17.9 Å². The lowest BCUT2D eigenvalue weighted by Gasteiger charge is -2.20. The average molecular weight is 272 g/mol. The minimum atomic E-state index is -1.29. The van der Waals surface area contributed by atoms with Crippen molar-refractivity contribution in [3.63, 3.8) is 0 Å². The molecule has 0 aromatic carbocycles. The van der Waals surface area contributed by atoms with Gasteiger partial charge in [0, 0.05) is 12.6 Å². The lowest BCUT2D eigenvalue weighted by atomic mass is 10.2. The van der Waals surface area contributed by atoms with Gasteiger partial charge in [0.2, 0.25) is 5.91 Å². The summed E-state index contributed by atoms with van der Waals surface area (Å²) in [6.45, 7) is 1.44. The highest BCUT2D eigenvalue weighted by molar-refractivity contribution is 5.87. The Labute approximate surface area is 111 Å². The number of hydrogen-bond acceptors (Lipinski definition) is 4. The second kappa shape index (κ2) is 6.93. The molecule has 1 fully saturated rings. The number of rotatable bonds is 6. The highest BCUT2D eigenvalue weighted by Crippen LogP contribution is 2.13. The first kappa shape index (κ1) is 15.2. The van der Waals surface area contributed by atoms with Crippen LogP contribution in [0.1, 0.15) is 19.3 Å². The van der Waals surface area contributed by atoms with Gasteiger partial charge >= 0.3 is 12.0 Å². The van der Waals surface area contributed by atoms with Crippen LogP contribution in [0.2, 0.25) is 0 Å². The molecule has 8 heteroatoms. The minimum absolute atomic E-state index is 0.269. The molecule has 19 heavy (non-hydrogen) atoms. The van der Waals surface area contributed by atoms with E-state index in [1.54, 1.807) is 0 Å². The summed E-state index contributed by atoms with van der Waals surface area (Å²) in [6, 6.07) is -1.63. The molecule has 108 valence electrons. The summed E-state index contributed by atoms with van der Waals surface area (Å²) in [5.74, 6) is -2.06. The number of carboxylic acid groups (broad SMARTS) is 1. The van der Waals surface area contributed by atoms with Gasteiger partial charge in [-0.05, 0) is 26.4 Å². The van der Waals surface area contributed by atoms with Crippen LogP contribution in [-0.2, 0) is 9.59 Å². The number of likely N-dealkylation sites (N-methyl/N-ethyl adjacent to an activating group) is 1. The maximum Gasteiger partial charge on any atom is 0.326 e. The van der Waals surface area contributed by atoms with Crippen molar-refractivity contribution in [3.8, 4) is 0 Å². The van der Waals surface area contributed by atoms with Crippen LogP contribution in [0.15, 0.2) is 0 Å².